The summed E-state index contributed by atoms with van der Waals surface area (Å²) >= 11 is 1.50. The number of carboxylic acids is 1. The number of aromatic nitrogens is 1. The smallest absolute Gasteiger partial charge is 0.406 e. The summed E-state index contributed by atoms with van der Waals surface area (Å²) in [6.07, 6.45) is -4.32. The zero-order chi connectivity index (χ0) is 17.3. The number of hydrogen-bond donors (Lipinski definition) is 1. The predicted molar refractivity (Wildman–Crippen MR) is 77.1 cm³/mol. The largest absolute Gasteiger partial charge is 0.481 e. The summed E-state index contributed by atoms with van der Waals surface area (Å²) in [5.74, 6) is -2.36. The molecule has 1 atom stereocenters. The highest BCUT2D eigenvalue weighted by Gasteiger charge is 2.64. The maximum atomic E-state index is 13.1. The highest BCUT2D eigenvalue weighted by atomic mass is 32.1. The molecule has 9 heteroatoms. The number of rotatable bonds is 5. The summed E-state index contributed by atoms with van der Waals surface area (Å²) in [4.78, 5) is 28.4. The van der Waals surface area contributed by atoms with Gasteiger partial charge in [0, 0.05) is 24.9 Å². The fourth-order valence-corrected chi connectivity index (χ4v) is 3.30. The number of hydrogen-bond acceptors (Lipinski definition) is 4. The molecule has 1 aromatic rings. The van der Waals surface area contributed by atoms with Crippen LogP contribution in [0.1, 0.15) is 30.0 Å². The van der Waals surface area contributed by atoms with E-state index in [1.54, 1.807) is 0 Å². The Labute approximate surface area is 135 Å². The van der Waals surface area contributed by atoms with Crippen molar-refractivity contribution in [2.45, 2.75) is 38.8 Å². The molecule has 0 aliphatic carbocycles. The van der Waals surface area contributed by atoms with Crippen molar-refractivity contribution >= 4 is 23.2 Å². The van der Waals surface area contributed by atoms with E-state index in [1.165, 1.54) is 11.3 Å². The van der Waals surface area contributed by atoms with Crippen LogP contribution in [0.15, 0.2) is 5.38 Å². The molecule has 128 valence electrons. The summed E-state index contributed by atoms with van der Waals surface area (Å²) < 4.78 is 39.2. The van der Waals surface area contributed by atoms with Gasteiger partial charge in [0.2, 0.25) is 5.91 Å². The number of carboxylic acid groups (broad SMARTS) is 1. The molecule has 0 bridgehead atoms. The van der Waals surface area contributed by atoms with Crippen molar-refractivity contribution in [2.75, 3.05) is 13.1 Å². The Balaban J connectivity index is 1.90. The molecule has 1 aliphatic rings. The van der Waals surface area contributed by atoms with Crippen molar-refractivity contribution in [3.05, 3.63) is 16.1 Å². The third-order valence-electron chi connectivity index (χ3n) is 4.06. The summed E-state index contributed by atoms with van der Waals surface area (Å²) in [6.45, 7) is 0.882. The lowest BCUT2D eigenvalue weighted by Crippen LogP contribution is -2.47. The van der Waals surface area contributed by atoms with E-state index >= 15 is 0 Å². The molecule has 1 aliphatic heterocycles. The Morgan fingerprint density at radius 1 is 1.48 bits per heavy atom. The van der Waals surface area contributed by atoms with Crippen LogP contribution in [-0.4, -0.2) is 46.1 Å². The number of halogens is 3. The molecule has 2 heterocycles. The van der Waals surface area contributed by atoms with Crippen LogP contribution in [0.4, 0.5) is 13.2 Å². The molecule has 1 saturated heterocycles. The van der Waals surface area contributed by atoms with Crippen molar-refractivity contribution < 1.29 is 27.9 Å². The van der Waals surface area contributed by atoms with E-state index in [9.17, 15) is 22.8 Å². The van der Waals surface area contributed by atoms with Gasteiger partial charge in [-0.2, -0.15) is 13.2 Å². The van der Waals surface area contributed by atoms with Crippen molar-refractivity contribution in [2.24, 2.45) is 5.41 Å². The lowest BCUT2D eigenvalue weighted by molar-refractivity contribution is -0.227. The first-order valence-corrected chi connectivity index (χ1v) is 8.02. The monoisotopic (exact) mass is 350 g/mol. The van der Waals surface area contributed by atoms with Gasteiger partial charge >= 0.3 is 12.1 Å². The van der Waals surface area contributed by atoms with Gasteiger partial charge in [0.05, 0.1) is 10.7 Å². The molecule has 1 aromatic heterocycles. The average Bonchev–Trinajstić information content (AvgIpc) is 3.05. The molecule has 1 amide bonds. The van der Waals surface area contributed by atoms with Crippen LogP contribution in [0.5, 0.6) is 0 Å². The Morgan fingerprint density at radius 2 is 2.17 bits per heavy atom. The van der Waals surface area contributed by atoms with Crippen LogP contribution in [-0.2, 0) is 16.0 Å². The van der Waals surface area contributed by atoms with Gasteiger partial charge in [-0.25, -0.2) is 4.98 Å². The van der Waals surface area contributed by atoms with Gasteiger partial charge in [-0.15, -0.1) is 11.3 Å². The third kappa shape index (κ3) is 3.65. The number of likely N-dealkylation sites (tertiary alicyclic amines) is 1. The molecular formula is C14H17F3N2O3S. The molecular weight excluding hydrogens is 333 g/mol. The van der Waals surface area contributed by atoms with Crippen molar-refractivity contribution in [1.29, 1.82) is 0 Å². The zero-order valence-corrected chi connectivity index (χ0v) is 13.3. The van der Waals surface area contributed by atoms with Crippen LogP contribution >= 0.6 is 11.3 Å². The second kappa shape index (κ2) is 6.46. The number of thiazole rings is 1. The maximum Gasteiger partial charge on any atom is 0.406 e. The Morgan fingerprint density at radius 3 is 2.65 bits per heavy atom. The average molecular weight is 350 g/mol. The SMILES string of the molecule is Cc1nc(CCCC(=O)N2CCC(C(=O)O)(C(F)(F)F)C2)cs1. The van der Waals surface area contributed by atoms with Crippen LogP contribution in [0.25, 0.3) is 0 Å². The normalized spacial score (nSPS) is 21.7. The van der Waals surface area contributed by atoms with Gasteiger partial charge in [0.15, 0.2) is 5.41 Å². The van der Waals surface area contributed by atoms with E-state index in [-0.39, 0.29) is 13.0 Å². The first-order chi connectivity index (χ1) is 10.7. The molecule has 5 nitrogen and oxygen atoms in total. The number of aliphatic carboxylic acids is 1. The van der Waals surface area contributed by atoms with E-state index in [0.717, 1.165) is 15.6 Å². The maximum absolute atomic E-state index is 13.1. The van der Waals surface area contributed by atoms with E-state index < -0.39 is 36.4 Å². The first kappa shape index (κ1) is 17.7. The molecule has 0 aromatic carbocycles. The Hall–Kier alpha value is -1.64. The number of carbonyl (C=O) groups excluding carboxylic acids is 1. The topological polar surface area (TPSA) is 70.5 Å². The molecule has 0 spiro atoms. The standard InChI is InChI=1S/C14H17F3N2O3S/c1-9-18-10(7-23-9)3-2-4-11(20)19-6-5-13(8-19,12(21)22)14(15,16)17/h7H,2-6,8H2,1H3,(H,21,22). The highest BCUT2D eigenvalue weighted by molar-refractivity contribution is 7.09. The second-order valence-electron chi connectivity index (χ2n) is 5.66. The minimum absolute atomic E-state index is 0.0874. The molecule has 0 saturated carbocycles. The first-order valence-electron chi connectivity index (χ1n) is 7.14. The fourth-order valence-electron chi connectivity index (χ4n) is 2.65. The van der Waals surface area contributed by atoms with E-state index in [4.69, 9.17) is 5.11 Å². The van der Waals surface area contributed by atoms with Gasteiger partial charge in [0.1, 0.15) is 0 Å². The predicted octanol–water partition coefficient (Wildman–Crippen LogP) is 2.64. The quantitative estimate of drug-likeness (QED) is 0.886. The number of alkyl halides is 3. The minimum atomic E-state index is -4.87. The lowest BCUT2D eigenvalue weighted by atomic mass is 9.86. The molecule has 1 unspecified atom stereocenters. The van der Waals surface area contributed by atoms with Gasteiger partial charge in [-0.3, -0.25) is 9.59 Å². The van der Waals surface area contributed by atoms with Crippen LogP contribution < -0.4 is 0 Å². The van der Waals surface area contributed by atoms with E-state index in [1.807, 2.05) is 12.3 Å². The Bertz CT molecular complexity index is 602. The van der Waals surface area contributed by atoms with Gasteiger partial charge in [-0.05, 0) is 26.2 Å². The van der Waals surface area contributed by atoms with Crippen LogP contribution in [0, 0.1) is 12.3 Å². The third-order valence-corrected chi connectivity index (χ3v) is 4.89. The summed E-state index contributed by atoms with van der Waals surface area (Å²) in [5.41, 5.74) is -1.98. The molecule has 23 heavy (non-hydrogen) atoms. The molecule has 0 radical (unpaired) electrons. The number of amides is 1. The van der Waals surface area contributed by atoms with Crippen LogP contribution in [0.3, 0.4) is 0 Å². The minimum Gasteiger partial charge on any atom is -0.481 e. The summed E-state index contributed by atoms with van der Waals surface area (Å²) in [7, 11) is 0. The van der Waals surface area contributed by atoms with Crippen molar-refractivity contribution in [3.63, 3.8) is 0 Å². The van der Waals surface area contributed by atoms with E-state index in [0.29, 0.717) is 12.8 Å². The van der Waals surface area contributed by atoms with Crippen molar-refractivity contribution in [1.82, 2.24) is 9.88 Å². The number of nitrogens with zero attached hydrogens (tertiary/aromatic N) is 2. The lowest BCUT2D eigenvalue weighted by Gasteiger charge is -2.27. The number of carbonyl (C=O) groups is 2. The molecule has 2 rings (SSSR count). The highest BCUT2D eigenvalue weighted by Crippen LogP contribution is 2.45. The second-order valence-corrected chi connectivity index (χ2v) is 6.72. The van der Waals surface area contributed by atoms with Gasteiger partial charge in [0.25, 0.3) is 0 Å². The summed E-state index contributed by atoms with van der Waals surface area (Å²) in [6, 6.07) is 0. The molecule has 1 fully saturated rings. The molecule has 1 N–H and O–H groups in total. The fraction of sp³-hybridized carbons (Fsp3) is 0.643. The Kier molecular flexibility index (Phi) is 4.98. The van der Waals surface area contributed by atoms with Gasteiger partial charge in [-0.1, -0.05) is 0 Å². The van der Waals surface area contributed by atoms with Crippen LogP contribution in [0.2, 0.25) is 0 Å². The summed E-state index contributed by atoms with van der Waals surface area (Å²) in [5, 5.41) is 11.8. The van der Waals surface area contributed by atoms with E-state index in [2.05, 4.69) is 4.98 Å². The number of aryl methyl sites for hydroxylation is 2. The van der Waals surface area contributed by atoms with Gasteiger partial charge < -0.3 is 10.0 Å². The van der Waals surface area contributed by atoms with Crippen molar-refractivity contribution in [3.8, 4) is 0 Å². The zero-order valence-electron chi connectivity index (χ0n) is 12.5.